The molecule has 0 saturated carbocycles. The number of halogens is 1. The lowest BCUT2D eigenvalue weighted by Crippen LogP contribution is -2.51. The molecule has 2 heterocycles. The van der Waals surface area contributed by atoms with Crippen molar-refractivity contribution in [2.24, 2.45) is 11.8 Å². The van der Waals surface area contributed by atoms with Crippen LogP contribution in [0.3, 0.4) is 0 Å². The van der Waals surface area contributed by atoms with Gasteiger partial charge in [0, 0.05) is 24.2 Å². The smallest absolute Gasteiger partial charge is 0.306 e. The molecule has 4 unspecified atom stereocenters. The quantitative estimate of drug-likeness (QED) is 0.774. The van der Waals surface area contributed by atoms with Crippen LogP contribution in [0.5, 0.6) is 0 Å². The third-order valence-electron chi connectivity index (χ3n) is 5.01. The number of nitrogens with one attached hydrogen (secondary N) is 2. The second-order valence-corrected chi connectivity index (χ2v) is 7.11. The van der Waals surface area contributed by atoms with Crippen molar-refractivity contribution >= 4 is 23.5 Å². The van der Waals surface area contributed by atoms with Gasteiger partial charge in [0.25, 0.3) is 0 Å². The van der Waals surface area contributed by atoms with E-state index in [1.54, 1.807) is 4.90 Å². The number of nitrogens with zero attached hydrogens (tertiary/aromatic N) is 1. The zero-order chi connectivity index (χ0) is 17.3. The molecule has 0 bridgehead atoms. The molecule has 0 radical (unpaired) electrons. The number of benzene rings is 1. The molecule has 3 N–H and O–H groups in total. The van der Waals surface area contributed by atoms with Crippen molar-refractivity contribution in [2.45, 2.75) is 31.8 Å². The van der Waals surface area contributed by atoms with Gasteiger partial charge in [-0.05, 0) is 36.5 Å². The van der Waals surface area contributed by atoms with Crippen LogP contribution < -0.4 is 10.9 Å². The van der Waals surface area contributed by atoms with Crippen LogP contribution in [-0.2, 0) is 9.59 Å². The maximum atomic E-state index is 12.7. The lowest BCUT2D eigenvalue weighted by atomic mass is 9.86. The predicted molar refractivity (Wildman–Crippen MR) is 90.4 cm³/mol. The van der Waals surface area contributed by atoms with Gasteiger partial charge in [-0.2, -0.15) is 0 Å². The summed E-state index contributed by atoms with van der Waals surface area (Å²) in [7, 11) is 0. The Kier molecular flexibility index (Phi) is 5.08. The number of amides is 1. The Morgan fingerprint density at radius 2 is 1.96 bits per heavy atom. The first-order valence-electron chi connectivity index (χ1n) is 8.24. The third kappa shape index (κ3) is 3.55. The molecule has 0 spiro atoms. The standard InChI is InChI=1S/C17H22ClN3O3/c1-10-9-21(7-6-13(10)17(23)24)16(22)15-8-14(19-20-15)11-2-4-12(18)5-3-11/h2-5,10,13-15,19-20H,6-9H2,1H3,(H,23,24). The molecule has 130 valence electrons. The molecule has 4 atom stereocenters. The summed E-state index contributed by atoms with van der Waals surface area (Å²) >= 11 is 5.91. The number of carboxylic acid groups (broad SMARTS) is 1. The van der Waals surface area contributed by atoms with Crippen LogP contribution in [0.1, 0.15) is 31.4 Å². The maximum Gasteiger partial charge on any atom is 0.306 e. The van der Waals surface area contributed by atoms with Crippen molar-refractivity contribution in [3.63, 3.8) is 0 Å². The summed E-state index contributed by atoms with van der Waals surface area (Å²) in [5.41, 5.74) is 7.32. The molecule has 24 heavy (non-hydrogen) atoms. The van der Waals surface area contributed by atoms with Gasteiger partial charge in [-0.25, -0.2) is 10.9 Å². The highest BCUT2D eigenvalue weighted by atomic mass is 35.5. The number of carboxylic acids is 1. The van der Waals surface area contributed by atoms with Gasteiger partial charge in [0.05, 0.1) is 5.92 Å². The van der Waals surface area contributed by atoms with Gasteiger partial charge < -0.3 is 10.0 Å². The first-order chi connectivity index (χ1) is 11.5. The van der Waals surface area contributed by atoms with Crippen molar-refractivity contribution in [2.75, 3.05) is 13.1 Å². The molecule has 2 aliphatic rings. The molecule has 2 fully saturated rings. The normalized spacial score (nSPS) is 30.3. The fourth-order valence-corrected chi connectivity index (χ4v) is 3.69. The number of likely N-dealkylation sites (tertiary alicyclic amines) is 1. The molecule has 1 aromatic carbocycles. The maximum absolute atomic E-state index is 12.7. The largest absolute Gasteiger partial charge is 0.481 e. The average molecular weight is 352 g/mol. The highest BCUT2D eigenvalue weighted by Gasteiger charge is 2.37. The Morgan fingerprint density at radius 1 is 1.25 bits per heavy atom. The van der Waals surface area contributed by atoms with Crippen molar-refractivity contribution in [1.29, 1.82) is 0 Å². The molecule has 0 aromatic heterocycles. The number of hydrazine groups is 1. The second kappa shape index (κ2) is 7.09. The topological polar surface area (TPSA) is 81.7 Å². The van der Waals surface area contributed by atoms with Crippen LogP contribution in [0.15, 0.2) is 24.3 Å². The van der Waals surface area contributed by atoms with Crippen molar-refractivity contribution < 1.29 is 14.7 Å². The highest BCUT2D eigenvalue weighted by Crippen LogP contribution is 2.27. The number of rotatable bonds is 3. The molecule has 2 aliphatic heterocycles. The molecule has 1 amide bonds. The Balaban J connectivity index is 1.59. The van der Waals surface area contributed by atoms with Crippen molar-refractivity contribution in [3.05, 3.63) is 34.9 Å². The van der Waals surface area contributed by atoms with Gasteiger partial charge >= 0.3 is 5.97 Å². The molecular weight excluding hydrogens is 330 g/mol. The molecule has 6 nitrogen and oxygen atoms in total. The SMILES string of the molecule is CC1CN(C(=O)C2CC(c3ccc(Cl)cc3)NN2)CCC1C(=O)O. The minimum absolute atomic E-state index is 0.0263. The van der Waals surface area contributed by atoms with Crippen molar-refractivity contribution in [1.82, 2.24) is 15.8 Å². The van der Waals surface area contributed by atoms with Gasteiger partial charge in [-0.15, -0.1) is 0 Å². The Labute approximate surface area is 146 Å². The van der Waals surface area contributed by atoms with Gasteiger partial charge in [-0.3, -0.25) is 9.59 Å². The minimum atomic E-state index is -0.766. The Hall–Kier alpha value is -1.63. The summed E-state index contributed by atoms with van der Waals surface area (Å²) in [6, 6.07) is 7.35. The number of hydrogen-bond donors (Lipinski definition) is 3. The van der Waals surface area contributed by atoms with Crippen molar-refractivity contribution in [3.8, 4) is 0 Å². The molecular formula is C17H22ClN3O3. The number of carbonyl (C=O) groups excluding carboxylic acids is 1. The predicted octanol–water partition coefficient (Wildman–Crippen LogP) is 1.82. The summed E-state index contributed by atoms with van der Waals surface area (Å²) in [5.74, 6) is -1.11. The minimum Gasteiger partial charge on any atom is -0.481 e. The number of aliphatic carboxylic acids is 1. The van der Waals surface area contributed by atoms with E-state index in [-0.39, 0.29) is 29.8 Å². The zero-order valence-electron chi connectivity index (χ0n) is 13.5. The number of carbonyl (C=O) groups is 2. The molecule has 0 aliphatic carbocycles. The average Bonchev–Trinajstić information content (AvgIpc) is 3.04. The van der Waals surface area contributed by atoms with E-state index in [1.165, 1.54) is 0 Å². The second-order valence-electron chi connectivity index (χ2n) is 6.68. The summed E-state index contributed by atoms with van der Waals surface area (Å²) in [5, 5.41) is 9.88. The van der Waals surface area contributed by atoms with E-state index in [0.29, 0.717) is 31.0 Å². The fraction of sp³-hybridized carbons (Fsp3) is 0.529. The van der Waals surface area contributed by atoms with Gasteiger partial charge in [0.2, 0.25) is 5.91 Å². The van der Waals surface area contributed by atoms with E-state index in [1.807, 2.05) is 31.2 Å². The fourth-order valence-electron chi connectivity index (χ4n) is 3.56. The first-order valence-corrected chi connectivity index (χ1v) is 8.61. The van der Waals surface area contributed by atoms with Crippen LogP contribution in [0.2, 0.25) is 5.02 Å². The van der Waals surface area contributed by atoms with Crippen LogP contribution in [0.4, 0.5) is 0 Å². The van der Waals surface area contributed by atoms with Gasteiger partial charge in [0.1, 0.15) is 6.04 Å². The number of piperidine rings is 1. The van der Waals surface area contributed by atoms with Crippen LogP contribution in [-0.4, -0.2) is 41.0 Å². The summed E-state index contributed by atoms with van der Waals surface area (Å²) in [6.07, 6.45) is 1.18. The monoisotopic (exact) mass is 351 g/mol. The molecule has 7 heteroatoms. The van der Waals surface area contributed by atoms with E-state index >= 15 is 0 Å². The van der Waals surface area contributed by atoms with Gasteiger partial charge in [0.15, 0.2) is 0 Å². The summed E-state index contributed by atoms with van der Waals surface area (Å²) < 4.78 is 0. The zero-order valence-corrected chi connectivity index (χ0v) is 14.3. The molecule has 1 aromatic rings. The van der Waals surface area contributed by atoms with Crippen LogP contribution in [0.25, 0.3) is 0 Å². The van der Waals surface area contributed by atoms with Crippen LogP contribution in [0, 0.1) is 11.8 Å². The highest BCUT2D eigenvalue weighted by molar-refractivity contribution is 6.30. The number of hydrogen-bond acceptors (Lipinski definition) is 4. The summed E-state index contributed by atoms with van der Waals surface area (Å²) in [6.45, 7) is 2.90. The Morgan fingerprint density at radius 3 is 2.58 bits per heavy atom. The van der Waals surface area contributed by atoms with E-state index in [0.717, 1.165) is 5.56 Å². The lowest BCUT2D eigenvalue weighted by molar-refractivity contribution is -0.148. The van der Waals surface area contributed by atoms with E-state index in [2.05, 4.69) is 10.9 Å². The van der Waals surface area contributed by atoms with E-state index in [9.17, 15) is 14.7 Å². The Bertz CT molecular complexity index is 622. The summed E-state index contributed by atoms with van der Waals surface area (Å²) in [4.78, 5) is 25.7. The lowest BCUT2D eigenvalue weighted by Gasteiger charge is -2.36. The molecule has 3 rings (SSSR count). The van der Waals surface area contributed by atoms with E-state index < -0.39 is 5.97 Å². The third-order valence-corrected chi connectivity index (χ3v) is 5.26. The van der Waals surface area contributed by atoms with Crippen LogP contribution >= 0.6 is 11.6 Å². The first kappa shape index (κ1) is 17.2. The molecule has 2 saturated heterocycles. The van der Waals surface area contributed by atoms with Gasteiger partial charge in [-0.1, -0.05) is 30.7 Å². The van der Waals surface area contributed by atoms with E-state index in [4.69, 9.17) is 11.6 Å².